The second-order valence-corrected chi connectivity index (χ2v) is 5.53. The predicted octanol–water partition coefficient (Wildman–Crippen LogP) is 0.611. The van der Waals surface area contributed by atoms with Gasteiger partial charge in [-0.25, -0.2) is 15.2 Å². The highest BCUT2D eigenvalue weighted by molar-refractivity contribution is 5.82. The second kappa shape index (κ2) is 8.55. The average molecular weight is 340 g/mol. The van der Waals surface area contributed by atoms with E-state index in [1.165, 1.54) is 18.2 Å². The van der Waals surface area contributed by atoms with Crippen molar-refractivity contribution in [3.05, 3.63) is 40.2 Å². The van der Waals surface area contributed by atoms with Crippen molar-refractivity contribution in [2.24, 2.45) is 0 Å². The molecule has 3 unspecified atom stereocenters. The number of nitrogens with zero attached hydrogens (tertiary/aromatic N) is 1. The highest BCUT2D eigenvalue weighted by Gasteiger charge is 2.48. The van der Waals surface area contributed by atoms with Crippen molar-refractivity contribution in [3.63, 3.8) is 0 Å². The molecule has 1 aliphatic rings. The van der Waals surface area contributed by atoms with Crippen molar-refractivity contribution in [2.75, 3.05) is 13.2 Å². The van der Waals surface area contributed by atoms with Crippen LogP contribution < -0.4 is 20.9 Å². The maximum atomic E-state index is 13.0. The molecule has 9 heteroatoms. The number of hydrazine groups is 1. The minimum Gasteiger partial charge on any atom is -0.492 e. The number of ether oxygens (including phenoxy) is 1. The molecule has 1 aliphatic heterocycles. The Labute approximate surface area is 138 Å². The highest BCUT2D eigenvalue weighted by atomic mass is 19.1. The largest absolute Gasteiger partial charge is 0.492 e. The van der Waals surface area contributed by atoms with E-state index in [0.717, 1.165) is 6.42 Å². The molecular formula is C15H21FN4O4. The molecule has 8 nitrogen and oxygen atoms in total. The number of rotatable bonds is 8. The third-order valence-corrected chi connectivity index (χ3v) is 3.77. The summed E-state index contributed by atoms with van der Waals surface area (Å²) in [5.41, 5.74) is 5.51. The number of hydrogen-bond donors (Lipinski definition) is 3. The molecule has 0 aromatic heterocycles. The Bertz CT molecular complexity index is 586. The minimum atomic E-state index is -1.02. The van der Waals surface area contributed by atoms with E-state index in [9.17, 15) is 19.3 Å². The van der Waals surface area contributed by atoms with E-state index in [0.29, 0.717) is 12.2 Å². The van der Waals surface area contributed by atoms with Crippen LogP contribution in [-0.4, -0.2) is 42.1 Å². The average Bonchev–Trinajstić information content (AvgIpc) is 2.96. The molecule has 0 aliphatic carbocycles. The summed E-state index contributed by atoms with van der Waals surface area (Å²) in [6, 6.07) is 3.32. The van der Waals surface area contributed by atoms with Crippen LogP contribution in [0.4, 0.5) is 4.39 Å². The van der Waals surface area contributed by atoms with E-state index in [-0.39, 0.29) is 19.2 Å². The van der Waals surface area contributed by atoms with Gasteiger partial charge in [0.05, 0.1) is 12.6 Å². The van der Waals surface area contributed by atoms with Gasteiger partial charge in [-0.05, 0) is 18.6 Å². The molecule has 1 fully saturated rings. The molecular weight excluding hydrogens is 319 g/mol. The lowest BCUT2D eigenvalue weighted by Gasteiger charge is -2.15. The van der Waals surface area contributed by atoms with Crippen LogP contribution in [-0.2, 0) is 4.79 Å². The van der Waals surface area contributed by atoms with Crippen molar-refractivity contribution < 1.29 is 18.8 Å². The highest BCUT2D eigenvalue weighted by Crippen LogP contribution is 2.15. The van der Waals surface area contributed by atoms with Crippen LogP contribution in [0.5, 0.6) is 5.75 Å². The zero-order valence-corrected chi connectivity index (χ0v) is 13.3. The Morgan fingerprint density at radius 3 is 2.92 bits per heavy atom. The predicted molar refractivity (Wildman–Crippen MR) is 84.4 cm³/mol. The Balaban J connectivity index is 1.80. The summed E-state index contributed by atoms with van der Waals surface area (Å²) in [7, 11) is 0. The first-order chi connectivity index (χ1) is 11.5. The fraction of sp³-hybridized carbons (Fsp3) is 0.533. The summed E-state index contributed by atoms with van der Waals surface area (Å²) in [6.45, 7) is 2.23. The Hall–Kier alpha value is -2.26. The quantitative estimate of drug-likeness (QED) is 0.364. The molecule has 3 N–H and O–H groups in total. The van der Waals surface area contributed by atoms with Gasteiger partial charge in [0.25, 0.3) is 6.04 Å². The van der Waals surface area contributed by atoms with Crippen LogP contribution in [0.3, 0.4) is 0 Å². The van der Waals surface area contributed by atoms with Crippen LogP contribution in [0.25, 0.3) is 0 Å². The van der Waals surface area contributed by atoms with Crippen molar-refractivity contribution in [1.29, 1.82) is 0 Å². The topological polar surface area (TPSA) is 106 Å². The molecule has 24 heavy (non-hydrogen) atoms. The number of carbonyl (C=O) groups is 1. The maximum Gasteiger partial charge on any atom is 0.254 e. The van der Waals surface area contributed by atoms with Gasteiger partial charge >= 0.3 is 0 Å². The number of nitrogens with one attached hydrogen (secondary N) is 3. The molecule has 1 amide bonds. The molecule has 0 spiro atoms. The molecule has 1 heterocycles. The number of amides is 1. The molecule has 1 aromatic rings. The number of carbonyl (C=O) groups excluding carboxylic acids is 1. The van der Waals surface area contributed by atoms with E-state index >= 15 is 0 Å². The van der Waals surface area contributed by atoms with E-state index in [1.807, 2.05) is 6.92 Å². The lowest BCUT2D eigenvalue weighted by Crippen LogP contribution is -2.50. The summed E-state index contributed by atoms with van der Waals surface area (Å²) in [5.74, 6) is -0.518. The third-order valence-electron chi connectivity index (χ3n) is 3.77. The van der Waals surface area contributed by atoms with E-state index in [2.05, 4.69) is 16.2 Å². The first-order valence-electron chi connectivity index (χ1n) is 7.83. The third kappa shape index (κ3) is 4.62. The molecule has 2 rings (SSSR count). The second-order valence-electron chi connectivity index (χ2n) is 5.53. The number of halogens is 1. The first kappa shape index (κ1) is 18.1. The molecule has 1 saturated heterocycles. The van der Waals surface area contributed by atoms with E-state index < -0.39 is 28.7 Å². The molecule has 0 bridgehead atoms. The molecule has 0 saturated carbocycles. The standard InChI is InChI=1S/C15H21FN4O4/c1-2-4-12-14(20(22)23)13(19-18-12)15(21)17-7-8-24-11-6-3-5-10(16)9-11/h3,5-6,9,12-14,18-19H,2,4,7-8H2,1H3,(H,17,21). The zero-order chi connectivity index (χ0) is 17.5. The Kier molecular flexibility index (Phi) is 6.44. The minimum absolute atomic E-state index is 0.136. The first-order valence-corrected chi connectivity index (χ1v) is 7.83. The summed E-state index contributed by atoms with van der Waals surface area (Å²) >= 11 is 0. The normalized spacial score (nSPS) is 23.0. The Morgan fingerprint density at radius 2 is 2.25 bits per heavy atom. The van der Waals surface area contributed by atoms with Crippen LogP contribution in [0.15, 0.2) is 24.3 Å². The smallest absolute Gasteiger partial charge is 0.254 e. The van der Waals surface area contributed by atoms with E-state index in [1.54, 1.807) is 6.07 Å². The lowest BCUT2D eigenvalue weighted by molar-refractivity contribution is -0.523. The molecule has 132 valence electrons. The number of hydrogen-bond acceptors (Lipinski definition) is 6. The maximum absolute atomic E-state index is 13.0. The van der Waals surface area contributed by atoms with Gasteiger partial charge in [0.15, 0.2) is 6.04 Å². The summed E-state index contributed by atoms with van der Waals surface area (Å²) in [4.78, 5) is 22.9. The van der Waals surface area contributed by atoms with Gasteiger partial charge in [-0.15, -0.1) is 0 Å². The lowest BCUT2D eigenvalue weighted by atomic mass is 9.99. The van der Waals surface area contributed by atoms with Crippen LogP contribution >= 0.6 is 0 Å². The molecule has 3 atom stereocenters. The molecule has 1 aromatic carbocycles. The summed E-state index contributed by atoms with van der Waals surface area (Å²) < 4.78 is 18.3. The van der Waals surface area contributed by atoms with Crippen LogP contribution in [0.1, 0.15) is 19.8 Å². The van der Waals surface area contributed by atoms with Gasteiger partial charge in [-0.1, -0.05) is 19.4 Å². The van der Waals surface area contributed by atoms with Crippen molar-refractivity contribution in [1.82, 2.24) is 16.2 Å². The van der Waals surface area contributed by atoms with Crippen molar-refractivity contribution in [2.45, 2.75) is 37.9 Å². The number of nitro groups is 1. The van der Waals surface area contributed by atoms with Crippen molar-refractivity contribution >= 4 is 5.91 Å². The van der Waals surface area contributed by atoms with Crippen LogP contribution in [0.2, 0.25) is 0 Å². The van der Waals surface area contributed by atoms with Gasteiger partial charge in [0.1, 0.15) is 18.2 Å². The fourth-order valence-corrected chi connectivity index (χ4v) is 2.65. The van der Waals surface area contributed by atoms with Gasteiger partial charge in [-0.2, -0.15) is 0 Å². The monoisotopic (exact) mass is 340 g/mol. The van der Waals surface area contributed by atoms with E-state index in [4.69, 9.17) is 4.74 Å². The summed E-state index contributed by atoms with van der Waals surface area (Å²) in [6.07, 6.45) is 1.38. The Morgan fingerprint density at radius 1 is 1.46 bits per heavy atom. The molecule has 0 radical (unpaired) electrons. The van der Waals surface area contributed by atoms with Crippen molar-refractivity contribution in [3.8, 4) is 5.75 Å². The van der Waals surface area contributed by atoms with Gasteiger partial charge in [0.2, 0.25) is 5.91 Å². The van der Waals surface area contributed by atoms with Crippen LogP contribution in [0, 0.1) is 15.9 Å². The zero-order valence-electron chi connectivity index (χ0n) is 13.3. The van der Waals surface area contributed by atoms with Gasteiger partial charge < -0.3 is 10.1 Å². The summed E-state index contributed by atoms with van der Waals surface area (Å²) in [5, 5.41) is 13.8. The van der Waals surface area contributed by atoms with Gasteiger partial charge in [-0.3, -0.25) is 14.9 Å². The van der Waals surface area contributed by atoms with Gasteiger partial charge in [0, 0.05) is 11.0 Å². The SMILES string of the molecule is CCCC1NNC(C(=O)NCCOc2cccc(F)c2)C1[N+](=O)[O-]. The number of benzene rings is 1. The fourth-order valence-electron chi connectivity index (χ4n) is 2.65.